The smallest absolute Gasteiger partial charge is 0.207 e. The second kappa shape index (κ2) is 2.50. The summed E-state index contributed by atoms with van der Waals surface area (Å²) in [6, 6.07) is 1.54. The zero-order valence-electron chi connectivity index (χ0n) is 4.48. The van der Waals surface area contributed by atoms with E-state index in [9.17, 15) is 0 Å². The second-order valence-electron chi connectivity index (χ2n) is 1.40. The number of aromatic nitrogens is 2. The summed E-state index contributed by atoms with van der Waals surface area (Å²) in [7, 11) is 0. The largest absolute Gasteiger partial charge is 0.497 e. The number of thiocarbonyl (C=S) groups is 1. The van der Waals surface area contributed by atoms with E-state index in [-0.39, 0.29) is 5.05 Å². The quantitative estimate of drug-likeness (QED) is 0.583. The van der Waals surface area contributed by atoms with Gasteiger partial charge in [-0.3, -0.25) is 0 Å². The van der Waals surface area contributed by atoms with Gasteiger partial charge in [0.25, 0.3) is 0 Å². The Labute approximate surface area is 57.4 Å². The Kier molecular flexibility index (Phi) is 1.69. The molecule has 0 radical (unpaired) electrons. The van der Waals surface area contributed by atoms with Gasteiger partial charge in [-0.05, 0) is 18.3 Å². The molecule has 1 N–H and O–H groups in total. The number of aliphatic hydroxyl groups excluding tert-OH is 1. The molecule has 0 bridgehead atoms. The lowest BCUT2D eigenvalue weighted by molar-refractivity contribution is 0.568. The van der Waals surface area contributed by atoms with Gasteiger partial charge in [0.05, 0.1) is 0 Å². The molecule has 0 aliphatic carbocycles. The minimum atomic E-state index is -0.197. The van der Waals surface area contributed by atoms with Gasteiger partial charge < -0.3 is 5.11 Å². The van der Waals surface area contributed by atoms with Crippen LogP contribution in [0.4, 0.5) is 0 Å². The fraction of sp³-hybridized carbons (Fsp3) is 0. The SMILES string of the molecule is OC(=S)c1ccncn1. The van der Waals surface area contributed by atoms with Gasteiger partial charge in [0.1, 0.15) is 12.0 Å². The van der Waals surface area contributed by atoms with Crippen LogP contribution in [0.5, 0.6) is 0 Å². The Hall–Kier alpha value is -1.03. The van der Waals surface area contributed by atoms with Crippen LogP contribution in [-0.2, 0) is 0 Å². The number of rotatable bonds is 1. The van der Waals surface area contributed by atoms with Crippen LogP contribution in [0.25, 0.3) is 0 Å². The summed E-state index contributed by atoms with van der Waals surface area (Å²) in [6.07, 6.45) is 2.85. The van der Waals surface area contributed by atoms with Gasteiger partial charge >= 0.3 is 0 Å². The van der Waals surface area contributed by atoms with Crippen LogP contribution in [0.15, 0.2) is 18.6 Å². The lowest BCUT2D eigenvalue weighted by atomic mass is 10.4. The summed E-state index contributed by atoms with van der Waals surface area (Å²) in [5, 5.41) is 8.47. The standard InChI is InChI=1S/C5H4N2OS/c8-5(9)4-1-2-6-3-7-4/h1-3H,(H,8,9). The van der Waals surface area contributed by atoms with Crippen LogP contribution in [0, 0.1) is 0 Å². The van der Waals surface area contributed by atoms with Gasteiger partial charge in [0.15, 0.2) is 0 Å². The van der Waals surface area contributed by atoms with E-state index in [1.54, 1.807) is 6.07 Å². The summed E-state index contributed by atoms with van der Waals surface area (Å²) < 4.78 is 0. The molecule has 1 rings (SSSR count). The van der Waals surface area contributed by atoms with Crippen molar-refractivity contribution in [3.63, 3.8) is 0 Å². The first-order valence-corrected chi connectivity index (χ1v) is 2.71. The van der Waals surface area contributed by atoms with E-state index in [1.165, 1.54) is 12.5 Å². The maximum atomic E-state index is 8.66. The van der Waals surface area contributed by atoms with E-state index in [1.807, 2.05) is 0 Å². The molecule has 4 heteroatoms. The summed E-state index contributed by atoms with van der Waals surface area (Å²) in [5.41, 5.74) is 0.389. The van der Waals surface area contributed by atoms with Crippen molar-refractivity contribution in [2.75, 3.05) is 0 Å². The predicted octanol–water partition coefficient (Wildman–Crippen LogP) is 0.710. The number of hydrogen-bond donors (Lipinski definition) is 1. The van der Waals surface area contributed by atoms with Gasteiger partial charge in [0, 0.05) is 6.20 Å². The highest BCUT2D eigenvalue weighted by Crippen LogP contribution is 1.90. The normalized spacial score (nSPS) is 8.89. The van der Waals surface area contributed by atoms with Crippen molar-refractivity contribution in [3.8, 4) is 0 Å². The molecule has 0 aliphatic heterocycles. The molecule has 0 aliphatic rings. The van der Waals surface area contributed by atoms with Crippen molar-refractivity contribution in [2.24, 2.45) is 0 Å². The van der Waals surface area contributed by atoms with Crippen molar-refractivity contribution in [1.82, 2.24) is 9.97 Å². The van der Waals surface area contributed by atoms with Crippen molar-refractivity contribution in [2.45, 2.75) is 0 Å². The minimum Gasteiger partial charge on any atom is -0.497 e. The first-order chi connectivity index (χ1) is 4.30. The Morgan fingerprint density at radius 1 is 1.67 bits per heavy atom. The third kappa shape index (κ3) is 1.43. The molecule has 1 heterocycles. The molecule has 0 atom stereocenters. The number of aliphatic hydroxyl groups is 1. The highest BCUT2D eigenvalue weighted by Gasteiger charge is 1.94. The average Bonchev–Trinajstić information content (AvgIpc) is 1.90. The molecule has 0 saturated heterocycles. The minimum absolute atomic E-state index is 0.197. The van der Waals surface area contributed by atoms with Crippen molar-refractivity contribution >= 4 is 17.3 Å². The first kappa shape index (κ1) is 6.10. The summed E-state index contributed by atoms with van der Waals surface area (Å²) in [5.74, 6) is 0. The fourth-order valence-electron chi connectivity index (χ4n) is 0.417. The number of hydrogen-bond acceptors (Lipinski definition) is 3. The fourth-order valence-corrected chi connectivity index (χ4v) is 0.538. The maximum absolute atomic E-state index is 8.66. The van der Waals surface area contributed by atoms with Crippen LogP contribution in [-0.4, -0.2) is 20.1 Å². The van der Waals surface area contributed by atoms with E-state index in [2.05, 4.69) is 22.2 Å². The molecule has 0 amide bonds. The molecule has 3 nitrogen and oxygen atoms in total. The van der Waals surface area contributed by atoms with E-state index in [4.69, 9.17) is 5.11 Å². The van der Waals surface area contributed by atoms with Crippen LogP contribution < -0.4 is 0 Å². The monoisotopic (exact) mass is 140 g/mol. The zero-order chi connectivity index (χ0) is 6.69. The van der Waals surface area contributed by atoms with Gasteiger partial charge in [-0.1, -0.05) is 0 Å². The molecule has 1 aromatic rings. The summed E-state index contributed by atoms with van der Waals surface area (Å²) >= 11 is 4.43. The van der Waals surface area contributed by atoms with Gasteiger partial charge in [-0.15, -0.1) is 0 Å². The highest BCUT2D eigenvalue weighted by atomic mass is 32.1. The molecule has 0 saturated carbocycles. The van der Waals surface area contributed by atoms with Crippen LogP contribution in [0.3, 0.4) is 0 Å². The van der Waals surface area contributed by atoms with Crippen molar-refractivity contribution in [1.29, 1.82) is 0 Å². The third-order valence-corrected chi connectivity index (χ3v) is 1.01. The second-order valence-corrected chi connectivity index (χ2v) is 1.79. The first-order valence-electron chi connectivity index (χ1n) is 2.30. The number of nitrogens with zero attached hydrogens (tertiary/aromatic N) is 2. The molecule has 46 valence electrons. The maximum Gasteiger partial charge on any atom is 0.207 e. The van der Waals surface area contributed by atoms with E-state index in [0.717, 1.165) is 0 Å². The molecule has 0 spiro atoms. The molecule has 0 unspecified atom stereocenters. The molecular weight excluding hydrogens is 136 g/mol. The third-order valence-electron chi connectivity index (χ3n) is 0.801. The van der Waals surface area contributed by atoms with Gasteiger partial charge in [0.2, 0.25) is 5.05 Å². The Morgan fingerprint density at radius 3 is 2.78 bits per heavy atom. The Balaban J connectivity index is 2.98. The van der Waals surface area contributed by atoms with Gasteiger partial charge in [-0.25, -0.2) is 9.97 Å². The molecular formula is C5H4N2OS. The molecule has 0 fully saturated rings. The van der Waals surface area contributed by atoms with E-state index < -0.39 is 0 Å². The highest BCUT2D eigenvalue weighted by molar-refractivity contribution is 7.80. The molecule has 9 heavy (non-hydrogen) atoms. The van der Waals surface area contributed by atoms with Crippen LogP contribution >= 0.6 is 12.2 Å². The van der Waals surface area contributed by atoms with Crippen LogP contribution in [0.2, 0.25) is 0 Å². The predicted molar refractivity (Wildman–Crippen MR) is 36.4 cm³/mol. The Bertz CT molecular complexity index is 211. The average molecular weight is 140 g/mol. The summed E-state index contributed by atoms with van der Waals surface area (Å²) in [6.45, 7) is 0. The zero-order valence-corrected chi connectivity index (χ0v) is 5.30. The van der Waals surface area contributed by atoms with E-state index >= 15 is 0 Å². The topological polar surface area (TPSA) is 46.0 Å². The van der Waals surface area contributed by atoms with Gasteiger partial charge in [-0.2, -0.15) is 0 Å². The molecule has 0 aromatic carbocycles. The molecule has 1 aromatic heterocycles. The van der Waals surface area contributed by atoms with E-state index in [0.29, 0.717) is 5.69 Å². The van der Waals surface area contributed by atoms with Crippen molar-refractivity contribution in [3.05, 3.63) is 24.3 Å². The van der Waals surface area contributed by atoms with Crippen LogP contribution in [0.1, 0.15) is 5.69 Å². The van der Waals surface area contributed by atoms with Crippen molar-refractivity contribution < 1.29 is 5.11 Å². The Morgan fingerprint density at radius 2 is 2.44 bits per heavy atom. The summed E-state index contributed by atoms with van der Waals surface area (Å²) in [4.78, 5) is 7.32. The lowest BCUT2D eigenvalue weighted by Crippen LogP contribution is -1.97. The lowest BCUT2D eigenvalue weighted by Gasteiger charge is -1.89.